The second-order valence-corrected chi connectivity index (χ2v) is 3.26. The molecule has 1 rings (SSSR count). The molecule has 0 aliphatic carbocycles. The van der Waals surface area contributed by atoms with Gasteiger partial charge in [-0.25, -0.2) is 0 Å². The minimum atomic E-state index is 0.319. The molecule has 1 aromatic heterocycles. The fourth-order valence-electron chi connectivity index (χ4n) is 0.423. The summed E-state index contributed by atoms with van der Waals surface area (Å²) in [7, 11) is 0. The quantitative estimate of drug-likeness (QED) is 0.586. The van der Waals surface area contributed by atoms with Gasteiger partial charge in [0.1, 0.15) is 0 Å². The average Bonchev–Trinajstić information content (AvgIpc) is 2.12. The first-order chi connectivity index (χ1) is 3.80. The minimum absolute atomic E-state index is 0.319. The molecule has 8 heavy (non-hydrogen) atoms. The zero-order chi connectivity index (χ0) is 5.98. The summed E-state index contributed by atoms with van der Waals surface area (Å²) in [5.41, 5.74) is 1.16. The third kappa shape index (κ3) is 1.17. The molecule has 2 nitrogen and oxygen atoms in total. The zero-order valence-electron chi connectivity index (χ0n) is 4.96. The third-order valence-corrected chi connectivity index (χ3v) is 2.07. The van der Waals surface area contributed by atoms with E-state index in [1.54, 1.807) is 0 Å². The maximum atomic E-state index is 3.95. The van der Waals surface area contributed by atoms with Crippen LogP contribution in [0.2, 0.25) is 0 Å². The fourth-order valence-corrected chi connectivity index (χ4v) is 1.72. The predicted molar refractivity (Wildman–Crippen MR) is 33.1 cm³/mol. The molecule has 0 saturated carbocycles. The van der Waals surface area contributed by atoms with E-state index in [-0.39, 0.29) is 0 Å². The van der Waals surface area contributed by atoms with Crippen LogP contribution < -0.4 is 0 Å². The van der Waals surface area contributed by atoms with E-state index in [9.17, 15) is 0 Å². The van der Waals surface area contributed by atoms with Crippen LogP contribution >= 0.6 is 0 Å². The van der Waals surface area contributed by atoms with Gasteiger partial charge in [0.2, 0.25) is 0 Å². The first-order valence-electron chi connectivity index (χ1n) is 2.57. The van der Waals surface area contributed by atoms with Gasteiger partial charge in [0, 0.05) is 0 Å². The van der Waals surface area contributed by atoms with E-state index in [0.717, 1.165) is 5.69 Å². The van der Waals surface area contributed by atoms with E-state index in [1.165, 1.54) is 0 Å². The van der Waals surface area contributed by atoms with Crippen molar-refractivity contribution in [3.63, 3.8) is 0 Å². The molecule has 0 fully saturated rings. The van der Waals surface area contributed by atoms with E-state index >= 15 is 0 Å². The molecule has 0 aromatic carbocycles. The molecule has 0 amide bonds. The first kappa shape index (κ1) is 5.99. The van der Waals surface area contributed by atoms with Crippen LogP contribution in [-0.4, -0.2) is 23.9 Å². The molecule has 0 aliphatic rings. The van der Waals surface area contributed by atoms with E-state index in [4.69, 9.17) is 0 Å². The van der Waals surface area contributed by atoms with E-state index in [1.807, 2.05) is 0 Å². The Bertz CT molecular complexity index is 145. The molecule has 3 heteroatoms. The first-order valence-corrected chi connectivity index (χ1v) is 4.33. The van der Waals surface area contributed by atoms with Gasteiger partial charge in [0.15, 0.2) is 0 Å². The van der Waals surface area contributed by atoms with Gasteiger partial charge in [0.25, 0.3) is 0 Å². The average molecular weight is 175 g/mol. The molecule has 0 aliphatic heterocycles. The number of hydrogen-bond donors (Lipinski definition) is 0. The molecule has 1 aromatic rings. The second kappa shape index (κ2) is 2.42. The Kier molecular flexibility index (Phi) is 1.81. The summed E-state index contributed by atoms with van der Waals surface area (Å²) < 4.78 is 3.88. The summed E-state index contributed by atoms with van der Waals surface area (Å²) >= 11 is 0.319. The Morgan fingerprint density at radius 2 is 2.38 bits per heavy atom. The number of aromatic nitrogens is 2. The van der Waals surface area contributed by atoms with Crippen molar-refractivity contribution in [1.29, 1.82) is 0 Å². The van der Waals surface area contributed by atoms with Gasteiger partial charge in [-0.2, -0.15) is 0 Å². The van der Waals surface area contributed by atoms with Gasteiger partial charge in [-0.3, -0.25) is 0 Å². The molecule has 0 N–H and O–H groups in total. The Labute approximate surface area is 54.9 Å². The van der Waals surface area contributed by atoms with Crippen LogP contribution in [0.3, 0.4) is 0 Å². The Morgan fingerprint density at radius 1 is 1.62 bits per heavy atom. The number of nitrogens with zero attached hydrogens (tertiary/aromatic N) is 2. The summed E-state index contributed by atoms with van der Waals surface area (Å²) in [4.78, 5) is 2.12. The van der Waals surface area contributed by atoms with Gasteiger partial charge in [-0.1, -0.05) is 0 Å². The molecule has 1 heterocycles. The van der Waals surface area contributed by atoms with Gasteiger partial charge in [-0.15, -0.1) is 0 Å². The molecule has 0 radical (unpaired) electrons. The Balaban J connectivity index is 2.77. The van der Waals surface area contributed by atoms with Gasteiger partial charge >= 0.3 is 54.3 Å². The SMILES string of the molecule is CC(C)c1c[se]nn1. The van der Waals surface area contributed by atoms with Crippen LogP contribution in [-0.2, 0) is 0 Å². The van der Waals surface area contributed by atoms with E-state index in [2.05, 4.69) is 28.0 Å². The third-order valence-electron chi connectivity index (χ3n) is 0.968. The summed E-state index contributed by atoms with van der Waals surface area (Å²) in [6, 6.07) is 0. The van der Waals surface area contributed by atoms with Crippen LogP contribution in [0, 0.1) is 0 Å². The van der Waals surface area contributed by atoms with Gasteiger partial charge in [-0.05, 0) is 0 Å². The predicted octanol–water partition coefficient (Wildman–Crippen LogP) is 0.657. The normalized spacial score (nSPS) is 10.4. The van der Waals surface area contributed by atoms with Crippen molar-refractivity contribution in [3.8, 4) is 0 Å². The van der Waals surface area contributed by atoms with Crippen molar-refractivity contribution >= 4 is 14.7 Å². The summed E-state index contributed by atoms with van der Waals surface area (Å²) in [5.74, 6) is 0.558. The Hall–Kier alpha value is -0.141. The monoisotopic (exact) mass is 176 g/mol. The fraction of sp³-hybridized carbons (Fsp3) is 0.600. The summed E-state index contributed by atoms with van der Waals surface area (Å²) in [6.45, 7) is 4.26. The van der Waals surface area contributed by atoms with Crippen molar-refractivity contribution in [2.75, 3.05) is 0 Å². The van der Waals surface area contributed by atoms with E-state index in [0.29, 0.717) is 20.7 Å². The van der Waals surface area contributed by atoms with Crippen molar-refractivity contribution in [3.05, 3.63) is 10.6 Å². The van der Waals surface area contributed by atoms with Crippen molar-refractivity contribution in [2.24, 2.45) is 0 Å². The standard InChI is InChI=1S/C5H8N2Se/c1-4(2)5-3-8-7-6-5/h3-4H,1-2H3. The molecular weight excluding hydrogens is 167 g/mol. The van der Waals surface area contributed by atoms with Crippen molar-refractivity contribution < 1.29 is 0 Å². The molecule has 0 bridgehead atoms. The van der Waals surface area contributed by atoms with Crippen LogP contribution in [0.15, 0.2) is 4.94 Å². The summed E-state index contributed by atoms with van der Waals surface area (Å²) in [5, 5.41) is 3.95. The van der Waals surface area contributed by atoms with Crippen LogP contribution in [0.25, 0.3) is 0 Å². The topological polar surface area (TPSA) is 25.8 Å². The molecule has 0 unspecified atom stereocenters. The molecule has 0 spiro atoms. The zero-order valence-corrected chi connectivity index (χ0v) is 6.67. The molecule has 0 saturated heterocycles. The van der Waals surface area contributed by atoms with Gasteiger partial charge < -0.3 is 0 Å². The number of hydrogen-bond acceptors (Lipinski definition) is 2. The van der Waals surface area contributed by atoms with Crippen molar-refractivity contribution in [1.82, 2.24) is 9.19 Å². The Morgan fingerprint density at radius 3 is 2.62 bits per heavy atom. The molecular formula is C5H8N2Se. The van der Waals surface area contributed by atoms with Crippen LogP contribution in [0.4, 0.5) is 0 Å². The van der Waals surface area contributed by atoms with Crippen LogP contribution in [0.1, 0.15) is 25.5 Å². The maximum absolute atomic E-state index is 3.95. The van der Waals surface area contributed by atoms with E-state index < -0.39 is 0 Å². The second-order valence-electron chi connectivity index (χ2n) is 1.98. The van der Waals surface area contributed by atoms with Crippen molar-refractivity contribution in [2.45, 2.75) is 19.8 Å². The van der Waals surface area contributed by atoms with Gasteiger partial charge in [0.05, 0.1) is 0 Å². The van der Waals surface area contributed by atoms with Crippen LogP contribution in [0.5, 0.6) is 0 Å². The summed E-state index contributed by atoms with van der Waals surface area (Å²) in [6.07, 6.45) is 0. The molecule has 44 valence electrons. The number of rotatable bonds is 1. The molecule has 0 atom stereocenters.